The number of aromatic hydroxyl groups is 1. The normalized spacial score (nSPS) is 12.0. The van der Waals surface area contributed by atoms with Crippen molar-refractivity contribution in [1.82, 2.24) is 0 Å². The summed E-state index contributed by atoms with van der Waals surface area (Å²) in [6, 6.07) is 20.5. The van der Waals surface area contributed by atoms with E-state index >= 15 is 0 Å². The maximum absolute atomic E-state index is 12.7. The van der Waals surface area contributed by atoms with E-state index in [-0.39, 0.29) is 16.5 Å². The molecular formula is C21H20N2O3S. The molecule has 0 radical (unpaired) electrons. The summed E-state index contributed by atoms with van der Waals surface area (Å²) in [6.45, 7) is 3.61. The Bertz CT molecular complexity index is 1080. The van der Waals surface area contributed by atoms with Crippen LogP contribution in [0.15, 0.2) is 82.1 Å². The van der Waals surface area contributed by atoms with Gasteiger partial charge in [0.25, 0.3) is 10.0 Å². The maximum atomic E-state index is 12.7. The minimum absolute atomic E-state index is 0.124. The summed E-state index contributed by atoms with van der Waals surface area (Å²) < 4.78 is 29.5. The Morgan fingerprint density at radius 3 is 2.11 bits per heavy atom. The predicted octanol–water partition coefficient (Wildman–Crippen LogP) is 4.26. The van der Waals surface area contributed by atoms with Crippen LogP contribution in [0.3, 0.4) is 0 Å². The van der Waals surface area contributed by atoms with Crippen LogP contribution in [-0.2, 0) is 10.0 Å². The lowest BCUT2D eigenvalue weighted by Crippen LogP contribution is -2.17. The van der Waals surface area contributed by atoms with Crippen molar-refractivity contribution in [3.05, 3.63) is 89.5 Å². The molecule has 5 nitrogen and oxygen atoms in total. The van der Waals surface area contributed by atoms with Gasteiger partial charge in [0.1, 0.15) is 5.75 Å². The number of rotatable bonds is 4. The van der Waals surface area contributed by atoms with Crippen molar-refractivity contribution in [2.45, 2.75) is 18.7 Å². The molecule has 0 aliphatic rings. The molecule has 0 aliphatic carbocycles. The van der Waals surface area contributed by atoms with E-state index in [1.54, 1.807) is 49.4 Å². The zero-order chi connectivity index (χ0) is 19.4. The van der Waals surface area contributed by atoms with Crippen LogP contribution in [-0.4, -0.2) is 19.4 Å². The van der Waals surface area contributed by atoms with E-state index in [9.17, 15) is 13.5 Å². The average molecular weight is 380 g/mol. The molecule has 0 heterocycles. The zero-order valence-electron chi connectivity index (χ0n) is 15.0. The fourth-order valence-electron chi connectivity index (χ4n) is 2.57. The molecule has 0 spiro atoms. The largest absolute Gasteiger partial charge is 0.508 e. The standard InChI is InChI=1S/C21H20N2O3S/c1-15-14-20(24)16(2)13-19(15)22-21(17-9-5-3-6-10-17)23-27(25,26)18-11-7-4-8-12-18/h3-14,24H,1-2H3,(H,22,23). The minimum Gasteiger partial charge on any atom is -0.508 e. The van der Waals surface area contributed by atoms with Crippen molar-refractivity contribution < 1.29 is 13.5 Å². The summed E-state index contributed by atoms with van der Waals surface area (Å²) in [5.41, 5.74) is 2.78. The Morgan fingerprint density at radius 2 is 1.48 bits per heavy atom. The van der Waals surface area contributed by atoms with Gasteiger partial charge >= 0.3 is 0 Å². The number of anilines is 1. The number of amidine groups is 1. The summed E-state index contributed by atoms with van der Waals surface area (Å²) in [6.07, 6.45) is 0. The van der Waals surface area contributed by atoms with Crippen molar-refractivity contribution >= 4 is 21.5 Å². The highest BCUT2D eigenvalue weighted by molar-refractivity contribution is 7.90. The van der Waals surface area contributed by atoms with Crippen LogP contribution in [0.5, 0.6) is 5.75 Å². The Hall–Kier alpha value is -3.12. The van der Waals surface area contributed by atoms with Crippen molar-refractivity contribution in [2.24, 2.45) is 4.40 Å². The summed E-state index contributed by atoms with van der Waals surface area (Å²) >= 11 is 0. The highest BCUT2D eigenvalue weighted by Gasteiger charge is 2.16. The zero-order valence-corrected chi connectivity index (χ0v) is 15.9. The molecule has 0 unspecified atom stereocenters. The maximum Gasteiger partial charge on any atom is 0.284 e. The SMILES string of the molecule is Cc1cc(NC(=NS(=O)(=O)c2ccccc2)c2ccccc2)c(C)cc1O. The van der Waals surface area contributed by atoms with Crippen LogP contribution >= 0.6 is 0 Å². The third-order valence-corrected chi connectivity index (χ3v) is 5.39. The molecule has 0 saturated carbocycles. The van der Waals surface area contributed by atoms with E-state index in [0.29, 0.717) is 16.8 Å². The van der Waals surface area contributed by atoms with E-state index < -0.39 is 10.0 Å². The summed E-state index contributed by atoms with van der Waals surface area (Å²) in [5, 5.41) is 13.0. The number of nitrogens with one attached hydrogen (secondary N) is 1. The molecule has 0 aromatic heterocycles. The topological polar surface area (TPSA) is 78.8 Å². The number of hydrogen-bond donors (Lipinski definition) is 2. The van der Waals surface area contributed by atoms with Crippen LogP contribution in [0.25, 0.3) is 0 Å². The van der Waals surface area contributed by atoms with Crippen molar-refractivity contribution in [3.8, 4) is 5.75 Å². The highest BCUT2D eigenvalue weighted by atomic mass is 32.2. The molecule has 0 bridgehead atoms. The Labute approximate surface area is 159 Å². The van der Waals surface area contributed by atoms with E-state index in [4.69, 9.17) is 0 Å². The first-order valence-electron chi connectivity index (χ1n) is 8.39. The molecule has 3 aromatic rings. The van der Waals surface area contributed by atoms with Gasteiger partial charge in [0.2, 0.25) is 0 Å². The molecule has 0 saturated heterocycles. The molecule has 2 N–H and O–H groups in total. The average Bonchev–Trinajstić information content (AvgIpc) is 2.67. The van der Waals surface area contributed by atoms with Crippen LogP contribution in [0.2, 0.25) is 0 Å². The lowest BCUT2D eigenvalue weighted by atomic mass is 10.1. The van der Waals surface area contributed by atoms with Gasteiger partial charge in [-0.05, 0) is 49.2 Å². The third-order valence-electron chi connectivity index (χ3n) is 4.10. The summed E-state index contributed by atoms with van der Waals surface area (Å²) in [7, 11) is -3.88. The second kappa shape index (κ2) is 7.63. The Morgan fingerprint density at radius 1 is 0.889 bits per heavy atom. The lowest BCUT2D eigenvalue weighted by molar-refractivity contribution is 0.471. The molecule has 0 atom stereocenters. The second-order valence-electron chi connectivity index (χ2n) is 6.17. The molecule has 6 heteroatoms. The minimum atomic E-state index is -3.88. The number of aryl methyl sites for hydroxylation is 2. The fraction of sp³-hybridized carbons (Fsp3) is 0.0952. The fourth-order valence-corrected chi connectivity index (χ4v) is 3.57. The van der Waals surface area contributed by atoms with Gasteiger partial charge in [-0.25, -0.2) is 0 Å². The van der Waals surface area contributed by atoms with Crippen LogP contribution in [0.1, 0.15) is 16.7 Å². The van der Waals surface area contributed by atoms with Gasteiger partial charge in [0.05, 0.1) is 4.90 Å². The molecule has 3 rings (SSSR count). The van der Waals surface area contributed by atoms with Gasteiger partial charge < -0.3 is 10.4 Å². The number of phenols is 1. The summed E-state index contributed by atoms with van der Waals surface area (Å²) in [4.78, 5) is 0.124. The van der Waals surface area contributed by atoms with Crippen LogP contribution < -0.4 is 5.32 Å². The van der Waals surface area contributed by atoms with Crippen LogP contribution in [0.4, 0.5) is 5.69 Å². The molecule has 0 fully saturated rings. The van der Waals surface area contributed by atoms with Crippen LogP contribution in [0, 0.1) is 13.8 Å². The van der Waals surface area contributed by atoms with Crippen molar-refractivity contribution in [2.75, 3.05) is 5.32 Å². The van der Waals surface area contributed by atoms with Crippen molar-refractivity contribution in [3.63, 3.8) is 0 Å². The first-order valence-corrected chi connectivity index (χ1v) is 9.83. The predicted molar refractivity (Wildman–Crippen MR) is 108 cm³/mol. The van der Waals surface area contributed by atoms with Crippen molar-refractivity contribution in [1.29, 1.82) is 0 Å². The molecule has 27 heavy (non-hydrogen) atoms. The van der Waals surface area contributed by atoms with E-state index in [1.807, 2.05) is 25.1 Å². The van der Waals surface area contributed by atoms with Gasteiger partial charge in [-0.1, -0.05) is 48.5 Å². The second-order valence-corrected chi connectivity index (χ2v) is 7.78. The van der Waals surface area contributed by atoms with E-state index in [0.717, 1.165) is 5.56 Å². The van der Waals surface area contributed by atoms with E-state index in [1.165, 1.54) is 12.1 Å². The highest BCUT2D eigenvalue weighted by Crippen LogP contribution is 2.26. The molecule has 0 amide bonds. The third kappa shape index (κ3) is 4.35. The van der Waals surface area contributed by atoms with Gasteiger partial charge in [-0.3, -0.25) is 0 Å². The quantitative estimate of drug-likeness (QED) is 0.403. The Kier molecular flexibility index (Phi) is 5.28. The molecular weight excluding hydrogens is 360 g/mol. The van der Waals surface area contributed by atoms with Gasteiger partial charge in [-0.2, -0.15) is 8.42 Å². The number of benzene rings is 3. The monoisotopic (exact) mass is 380 g/mol. The van der Waals surface area contributed by atoms with Gasteiger partial charge in [0.15, 0.2) is 5.84 Å². The number of sulfonamides is 1. The van der Waals surface area contributed by atoms with E-state index in [2.05, 4.69) is 9.71 Å². The molecule has 0 aliphatic heterocycles. The molecule has 138 valence electrons. The summed E-state index contributed by atoms with van der Waals surface area (Å²) in [5.74, 6) is 0.404. The first-order chi connectivity index (χ1) is 12.9. The number of phenolic OH excluding ortho intramolecular Hbond substituents is 1. The molecule has 3 aromatic carbocycles. The lowest BCUT2D eigenvalue weighted by Gasteiger charge is -2.14. The van der Waals surface area contributed by atoms with Gasteiger partial charge in [-0.15, -0.1) is 4.40 Å². The van der Waals surface area contributed by atoms with Gasteiger partial charge in [0, 0.05) is 11.3 Å². The Balaban J connectivity index is 2.09. The first kappa shape index (κ1) is 18.7. The number of nitrogens with zero attached hydrogens (tertiary/aromatic N) is 1. The smallest absolute Gasteiger partial charge is 0.284 e. The number of hydrogen-bond acceptors (Lipinski definition) is 3.